The molecule has 1 saturated carbocycles. The number of aromatic nitrogens is 1. The first-order valence-corrected chi connectivity index (χ1v) is 6.82. The molecule has 1 aromatic rings. The van der Waals surface area contributed by atoms with Gasteiger partial charge >= 0.3 is 0 Å². The summed E-state index contributed by atoms with van der Waals surface area (Å²) in [4.78, 5) is 4.43. The van der Waals surface area contributed by atoms with Crippen LogP contribution < -0.4 is 0 Å². The van der Waals surface area contributed by atoms with E-state index in [2.05, 4.69) is 31.0 Å². The molecule has 0 radical (unpaired) electrons. The summed E-state index contributed by atoms with van der Waals surface area (Å²) < 4.78 is 0. The highest BCUT2D eigenvalue weighted by Gasteiger charge is 2.29. The van der Waals surface area contributed by atoms with Crippen molar-refractivity contribution < 1.29 is 5.11 Å². The Morgan fingerprint density at radius 1 is 1.41 bits per heavy atom. The fourth-order valence-electron chi connectivity index (χ4n) is 2.90. The Bertz CT molecular complexity index is 346. The molecule has 1 heterocycles. The van der Waals surface area contributed by atoms with E-state index in [0.717, 1.165) is 12.1 Å². The largest absolute Gasteiger partial charge is 0.392 e. The molecule has 94 valence electrons. The van der Waals surface area contributed by atoms with Crippen LogP contribution in [0.25, 0.3) is 0 Å². The molecule has 1 fully saturated rings. The molecule has 1 N–H and O–H groups in total. The average molecular weight is 233 g/mol. The first-order chi connectivity index (χ1) is 8.20. The molecule has 0 spiro atoms. The Morgan fingerprint density at radius 2 is 2.24 bits per heavy atom. The molecule has 2 rings (SSSR count). The Hall–Kier alpha value is -0.890. The average Bonchev–Trinajstić information content (AvgIpc) is 2.76. The minimum absolute atomic E-state index is 0.215. The van der Waals surface area contributed by atoms with E-state index in [4.69, 9.17) is 0 Å². The lowest BCUT2D eigenvalue weighted by Crippen LogP contribution is -2.25. The summed E-state index contributed by atoms with van der Waals surface area (Å²) in [7, 11) is 0. The number of hydrogen-bond acceptors (Lipinski definition) is 2. The van der Waals surface area contributed by atoms with Gasteiger partial charge in [-0.05, 0) is 36.3 Å². The van der Waals surface area contributed by atoms with Crippen LogP contribution in [-0.2, 0) is 12.8 Å². The van der Waals surface area contributed by atoms with Crippen molar-refractivity contribution in [3.8, 4) is 0 Å². The molecule has 3 unspecified atom stereocenters. The SMILES string of the molecule is CCc1ccc(CC(O)C2CCCC2C)nc1. The van der Waals surface area contributed by atoms with E-state index in [9.17, 15) is 5.11 Å². The van der Waals surface area contributed by atoms with E-state index in [-0.39, 0.29) is 6.10 Å². The molecular formula is C15H23NO. The summed E-state index contributed by atoms with van der Waals surface area (Å²) in [5, 5.41) is 10.3. The monoisotopic (exact) mass is 233 g/mol. The summed E-state index contributed by atoms with van der Waals surface area (Å²) >= 11 is 0. The van der Waals surface area contributed by atoms with Gasteiger partial charge in [0.15, 0.2) is 0 Å². The van der Waals surface area contributed by atoms with Gasteiger partial charge in [0.1, 0.15) is 0 Å². The van der Waals surface area contributed by atoms with Crippen molar-refractivity contribution in [2.45, 2.75) is 52.1 Å². The van der Waals surface area contributed by atoms with E-state index in [1.807, 2.05) is 6.20 Å². The van der Waals surface area contributed by atoms with E-state index < -0.39 is 0 Å². The maximum Gasteiger partial charge on any atom is 0.0626 e. The van der Waals surface area contributed by atoms with Crippen molar-refractivity contribution in [2.24, 2.45) is 11.8 Å². The number of aliphatic hydroxyl groups is 1. The first kappa shape index (κ1) is 12.6. The summed E-state index contributed by atoms with van der Waals surface area (Å²) in [6.45, 7) is 4.39. The summed E-state index contributed by atoms with van der Waals surface area (Å²) in [5.74, 6) is 1.14. The molecule has 0 saturated heterocycles. The Balaban J connectivity index is 1.95. The van der Waals surface area contributed by atoms with Gasteiger partial charge in [-0.3, -0.25) is 4.98 Å². The molecular weight excluding hydrogens is 210 g/mol. The molecule has 1 aliphatic rings. The minimum atomic E-state index is -0.215. The van der Waals surface area contributed by atoms with Crippen LogP contribution >= 0.6 is 0 Å². The van der Waals surface area contributed by atoms with Gasteiger partial charge in [0.2, 0.25) is 0 Å². The van der Waals surface area contributed by atoms with Crippen molar-refractivity contribution in [1.29, 1.82) is 0 Å². The predicted molar refractivity (Wildman–Crippen MR) is 69.8 cm³/mol. The van der Waals surface area contributed by atoms with Crippen molar-refractivity contribution in [3.05, 3.63) is 29.6 Å². The van der Waals surface area contributed by atoms with Crippen LogP contribution in [0.4, 0.5) is 0 Å². The van der Waals surface area contributed by atoms with Gasteiger partial charge in [-0.1, -0.05) is 32.8 Å². The number of aryl methyl sites for hydroxylation is 1. The van der Waals surface area contributed by atoms with Crippen molar-refractivity contribution in [3.63, 3.8) is 0 Å². The second-order valence-electron chi connectivity index (χ2n) is 5.35. The predicted octanol–water partition coefficient (Wildman–Crippen LogP) is 2.98. The highest BCUT2D eigenvalue weighted by atomic mass is 16.3. The zero-order chi connectivity index (χ0) is 12.3. The standard InChI is InChI=1S/C15H23NO/c1-3-12-7-8-13(16-10-12)9-15(17)14-6-4-5-11(14)2/h7-8,10-11,14-15,17H,3-6,9H2,1-2H3. The van der Waals surface area contributed by atoms with Gasteiger partial charge in [0, 0.05) is 18.3 Å². The fraction of sp³-hybridized carbons (Fsp3) is 0.667. The number of hydrogen-bond donors (Lipinski definition) is 1. The number of pyridine rings is 1. The summed E-state index contributed by atoms with van der Waals surface area (Å²) in [6.07, 6.45) is 7.16. The van der Waals surface area contributed by atoms with Crippen LogP contribution in [-0.4, -0.2) is 16.2 Å². The maximum absolute atomic E-state index is 10.3. The fourth-order valence-corrected chi connectivity index (χ4v) is 2.90. The van der Waals surface area contributed by atoms with Crippen LogP contribution in [0, 0.1) is 11.8 Å². The molecule has 17 heavy (non-hydrogen) atoms. The molecule has 0 bridgehead atoms. The van der Waals surface area contributed by atoms with E-state index in [1.165, 1.54) is 24.8 Å². The smallest absolute Gasteiger partial charge is 0.0626 e. The van der Waals surface area contributed by atoms with Crippen LogP contribution in [0.2, 0.25) is 0 Å². The molecule has 1 aliphatic carbocycles. The van der Waals surface area contributed by atoms with E-state index >= 15 is 0 Å². The van der Waals surface area contributed by atoms with Crippen LogP contribution in [0.3, 0.4) is 0 Å². The Labute approximate surface area is 104 Å². The maximum atomic E-state index is 10.3. The third-order valence-corrected chi connectivity index (χ3v) is 4.13. The summed E-state index contributed by atoms with van der Waals surface area (Å²) in [5.41, 5.74) is 2.28. The topological polar surface area (TPSA) is 33.1 Å². The molecule has 0 aliphatic heterocycles. The van der Waals surface area contributed by atoms with Gasteiger partial charge in [0.05, 0.1) is 6.10 Å². The second-order valence-corrected chi connectivity index (χ2v) is 5.35. The zero-order valence-electron chi connectivity index (χ0n) is 10.9. The lowest BCUT2D eigenvalue weighted by Gasteiger charge is -2.21. The second kappa shape index (κ2) is 5.63. The lowest BCUT2D eigenvalue weighted by molar-refractivity contribution is 0.0893. The van der Waals surface area contributed by atoms with Gasteiger partial charge < -0.3 is 5.11 Å². The van der Waals surface area contributed by atoms with E-state index in [1.54, 1.807) is 0 Å². The third kappa shape index (κ3) is 3.06. The molecule has 2 heteroatoms. The van der Waals surface area contributed by atoms with Crippen molar-refractivity contribution in [2.75, 3.05) is 0 Å². The number of rotatable bonds is 4. The van der Waals surface area contributed by atoms with Crippen molar-refractivity contribution >= 4 is 0 Å². The van der Waals surface area contributed by atoms with Gasteiger partial charge in [0.25, 0.3) is 0 Å². The van der Waals surface area contributed by atoms with Gasteiger partial charge in [-0.2, -0.15) is 0 Å². The first-order valence-electron chi connectivity index (χ1n) is 6.82. The number of aliphatic hydroxyl groups excluding tert-OH is 1. The van der Waals surface area contributed by atoms with E-state index in [0.29, 0.717) is 18.3 Å². The normalized spacial score (nSPS) is 26.1. The molecule has 0 aromatic carbocycles. The molecule has 1 aromatic heterocycles. The highest BCUT2D eigenvalue weighted by molar-refractivity contribution is 5.14. The molecule has 0 amide bonds. The minimum Gasteiger partial charge on any atom is -0.392 e. The van der Waals surface area contributed by atoms with Crippen LogP contribution in [0.1, 0.15) is 44.4 Å². The Morgan fingerprint density at radius 3 is 2.76 bits per heavy atom. The molecule has 2 nitrogen and oxygen atoms in total. The highest BCUT2D eigenvalue weighted by Crippen LogP contribution is 2.34. The zero-order valence-corrected chi connectivity index (χ0v) is 10.9. The van der Waals surface area contributed by atoms with Crippen LogP contribution in [0.15, 0.2) is 18.3 Å². The van der Waals surface area contributed by atoms with Crippen molar-refractivity contribution in [1.82, 2.24) is 4.98 Å². The van der Waals surface area contributed by atoms with Gasteiger partial charge in [-0.25, -0.2) is 0 Å². The quantitative estimate of drug-likeness (QED) is 0.867. The summed E-state index contributed by atoms with van der Waals surface area (Å²) in [6, 6.07) is 4.18. The number of nitrogens with zero attached hydrogens (tertiary/aromatic N) is 1. The Kier molecular flexibility index (Phi) is 4.16. The lowest BCUT2D eigenvalue weighted by atomic mass is 9.89. The van der Waals surface area contributed by atoms with Gasteiger partial charge in [-0.15, -0.1) is 0 Å². The van der Waals surface area contributed by atoms with Crippen LogP contribution in [0.5, 0.6) is 0 Å². The molecule has 3 atom stereocenters. The third-order valence-electron chi connectivity index (χ3n) is 4.13.